The number of rotatable bonds is 4. The highest BCUT2D eigenvalue weighted by atomic mass is 32.2. The molecule has 0 spiro atoms. The molecule has 156 valence electrons. The molecule has 0 N–H and O–H groups in total. The Bertz CT molecular complexity index is 957. The number of benzene rings is 1. The monoisotopic (exact) mass is 419 g/mol. The van der Waals surface area contributed by atoms with Gasteiger partial charge in [-0.2, -0.15) is 4.31 Å². The molecule has 2 aliphatic heterocycles. The highest BCUT2D eigenvalue weighted by molar-refractivity contribution is 7.89. The number of hydrogen-bond acceptors (Lipinski definition) is 8. The highest BCUT2D eigenvalue weighted by Gasteiger charge is 2.30. The van der Waals surface area contributed by atoms with E-state index in [9.17, 15) is 8.42 Å². The van der Waals surface area contributed by atoms with E-state index in [4.69, 9.17) is 9.47 Å². The van der Waals surface area contributed by atoms with Crippen LogP contribution in [0.15, 0.2) is 35.2 Å². The molecule has 2 aromatic rings. The zero-order chi connectivity index (χ0) is 20.4. The Morgan fingerprint density at radius 1 is 0.931 bits per heavy atom. The van der Waals surface area contributed by atoms with Crippen LogP contribution in [0.5, 0.6) is 11.5 Å². The van der Waals surface area contributed by atoms with E-state index in [2.05, 4.69) is 10.2 Å². The van der Waals surface area contributed by atoms with Crippen molar-refractivity contribution in [1.29, 1.82) is 0 Å². The van der Waals surface area contributed by atoms with Crippen molar-refractivity contribution in [2.75, 3.05) is 63.3 Å². The van der Waals surface area contributed by atoms with Gasteiger partial charge in [0.25, 0.3) is 0 Å². The van der Waals surface area contributed by atoms with Crippen LogP contribution < -0.4 is 19.3 Å². The maximum Gasteiger partial charge on any atom is 0.243 e. The summed E-state index contributed by atoms with van der Waals surface area (Å²) in [7, 11) is 0.217. The maximum absolute atomic E-state index is 13.1. The van der Waals surface area contributed by atoms with Crippen molar-refractivity contribution in [2.24, 2.45) is 0 Å². The average molecular weight is 420 g/mol. The van der Waals surface area contributed by atoms with Crippen LogP contribution in [0.2, 0.25) is 0 Å². The molecule has 0 unspecified atom stereocenters. The van der Waals surface area contributed by atoms with Crippen molar-refractivity contribution in [3.63, 3.8) is 0 Å². The second kappa shape index (κ2) is 8.03. The van der Waals surface area contributed by atoms with E-state index in [1.54, 1.807) is 18.2 Å². The second-order valence-corrected chi connectivity index (χ2v) is 9.13. The molecular formula is C19H25N5O4S. The van der Waals surface area contributed by atoms with Gasteiger partial charge in [-0.3, -0.25) is 0 Å². The Labute approximate surface area is 170 Å². The van der Waals surface area contributed by atoms with Crippen LogP contribution in [-0.4, -0.2) is 76.4 Å². The first-order chi connectivity index (χ1) is 13.9. The van der Waals surface area contributed by atoms with E-state index in [1.165, 1.54) is 4.31 Å². The van der Waals surface area contributed by atoms with Gasteiger partial charge in [0, 0.05) is 52.8 Å². The van der Waals surface area contributed by atoms with Crippen LogP contribution in [0, 0.1) is 0 Å². The quantitative estimate of drug-likeness (QED) is 0.731. The summed E-state index contributed by atoms with van der Waals surface area (Å²) in [5.41, 5.74) is 0. The lowest BCUT2D eigenvalue weighted by molar-refractivity contribution is 0.296. The Hall–Kier alpha value is -2.59. The van der Waals surface area contributed by atoms with Crippen molar-refractivity contribution >= 4 is 21.7 Å². The Morgan fingerprint density at radius 2 is 1.66 bits per heavy atom. The average Bonchev–Trinajstić information content (AvgIpc) is 2.99. The van der Waals surface area contributed by atoms with Crippen LogP contribution in [0.25, 0.3) is 0 Å². The molecule has 3 heterocycles. The minimum Gasteiger partial charge on any atom is -0.490 e. The van der Waals surface area contributed by atoms with Gasteiger partial charge < -0.3 is 19.3 Å². The molecule has 1 saturated heterocycles. The zero-order valence-corrected chi connectivity index (χ0v) is 17.4. The molecule has 1 fully saturated rings. The Balaban J connectivity index is 1.45. The molecule has 29 heavy (non-hydrogen) atoms. The molecule has 4 rings (SSSR count). The van der Waals surface area contributed by atoms with E-state index in [1.807, 2.05) is 36.0 Å². The highest BCUT2D eigenvalue weighted by Crippen LogP contribution is 2.33. The van der Waals surface area contributed by atoms with Gasteiger partial charge in [0.15, 0.2) is 23.1 Å². The summed E-state index contributed by atoms with van der Waals surface area (Å²) in [5, 5.41) is 8.46. The molecule has 0 amide bonds. The number of anilines is 2. The predicted molar refractivity (Wildman–Crippen MR) is 109 cm³/mol. The molecule has 0 aliphatic carbocycles. The van der Waals surface area contributed by atoms with Gasteiger partial charge >= 0.3 is 0 Å². The van der Waals surface area contributed by atoms with Gasteiger partial charge in [-0.05, 0) is 24.3 Å². The Morgan fingerprint density at radius 3 is 2.31 bits per heavy atom. The van der Waals surface area contributed by atoms with Crippen LogP contribution in [0.3, 0.4) is 0 Å². The minimum atomic E-state index is -3.60. The first-order valence-electron chi connectivity index (χ1n) is 9.61. The van der Waals surface area contributed by atoms with Crippen molar-refractivity contribution < 1.29 is 17.9 Å². The smallest absolute Gasteiger partial charge is 0.243 e. The SMILES string of the molecule is CN(C)c1ccc(N2CCN(S(=O)(=O)c3ccc4c(c3)OCCCO4)CC2)nn1. The number of fused-ring (bicyclic) bond motifs is 1. The van der Waals surface area contributed by atoms with E-state index < -0.39 is 10.0 Å². The number of ether oxygens (including phenoxy) is 2. The number of aromatic nitrogens is 2. The first-order valence-corrected chi connectivity index (χ1v) is 11.0. The largest absolute Gasteiger partial charge is 0.490 e. The number of sulfonamides is 1. The van der Waals surface area contributed by atoms with E-state index in [0.29, 0.717) is 50.9 Å². The zero-order valence-electron chi connectivity index (χ0n) is 16.6. The summed E-state index contributed by atoms with van der Waals surface area (Å²) >= 11 is 0. The summed E-state index contributed by atoms with van der Waals surface area (Å²) in [5.74, 6) is 2.61. The fraction of sp³-hybridized carbons (Fsp3) is 0.474. The lowest BCUT2D eigenvalue weighted by atomic mass is 10.3. The predicted octanol–water partition coefficient (Wildman–Crippen LogP) is 1.21. The molecule has 1 aromatic heterocycles. The van der Waals surface area contributed by atoms with Crippen LogP contribution in [0.1, 0.15) is 6.42 Å². The summed E-state index contributed by atoms with van der Waals surface area (Å²) in [6.07, 6.45) is 0.775. The minimum absolute atomic E-state index is 0.227. The number of nitrogens with zero attached hydrogens (tertiary/aromatic N) is 5. The lowest BCUT2D eigenvalue weighted by Gasteiger charge is -2.34. The first kappa shape index (κ1) is 19.7. The lowest BCUT2D eigenvalue weighted by Crippen LogP contribution is -2.49. The fourth-order valence-corrected chi connectivity index (χ4v) is 4.77. The van der Waals surface area contributed by atoms with E-state index in [0.717, 1.165) is 18.1 Å². The van der Waals surface area contributed by atoms with Gasteiger partial charge in [-0.15, -0.1) is 10.2 Å². The van der Waals surface area contributed by atoms with E-state index >= 15 is 0 Å². The summed E-state index contributed by atoms with van der Waals surface area (Å²) in [4.78, 5) is 4.16. The summed E-state index contributed by atoms with van der Waals surface area (Å²) in [6, 6.07) is 8.64. The molecule has 9 nitrogen and oxygen atoms in total. The normalized spacial score (nSPS) is 17.7. The van der Waals surface area contributed by atoms with E-state index in [-0.39, 0.29) is 4.90 Å². The summed E-state index contributed by atoms with van der Waals surface area (Å²) in [6.45, 7) is 2.96. The van der Waals surface area contributed by atoms with Gasteiger partial charge in [0.05, 0.1) is 18.1 Å². The Kier molecular flexibility index (Phi) is 5.46. The third kappa shape index (κ3) is 4.08. The molecule has 0 saturated carbocycles. The van der Waals surface area contributed by atoms with Gasteiger partial charge in [-0.25, -0.2) is 8.42 Å². The molecule has 2 aliphatic rings. The number of hydrogen-bond donors (Lipinski definition) is 0. The van der Waals surface area contributed by atoms with Gasteiger partial charge in [0.2, 0.25) is 10.0 Å². The summed E-state index contributed by atoms with van der Waals surface area (Å²) < 4.78 is 38.9. The van der Waals surface area contributed by atoms with Gasteiger partial charge in [-0.1, -0.05) is 0 Å². The number of piperazine rings is 1. The van der Waals surface area contributed by atoms with Crippen molar-refractivity contribution in [2.45, 2.75) is 11.3 Å². The topological polar surface area (TPSA) is 88.1 Å². The maximum atomic E-state index is 13.1. The third-order valence-electron chi connectivity index (χ3n) is 5.01. The van der Waals surface area contributed by atoms with Crippen molar-refractivity contribution in [3.8, 4) is 11.5 Å². The van der Waals surface area contributed by atoms with Crippen molar-refractivity contribution in [1.82, 2.24) is 14.5 Å². The van der Waals surface area contributed by atoms with Gasteiger partial charge in [0.1, 0.15) is 0 Å². The second-order valence-electron chi connectivity index (χ2n) is 7.19. The van der Waals surface area contributed by atoms with Crippen LogP contribution >= 0.6 is 0 Å². The molecular weight excluding hydrogens is 394 g/mol. The van der Waals surface area contributed by atoms with Crippen LogP contribution in [-0.2, 0) is 10.0 Å². The molecule has 10 heteroatoms. The standard InChI is InChI=1S/C19H25N5O4S/c1-22(2)18-6-7-19(21-20-18)23-8-10-24(11-9-23)29(25,26)15-4-5-16-17(14-15)28-13-3-12-27-16/h4-7,14H,3,8-13H2,1-2H3. The van der Waals surface area contributed by atoms with Crippen molar-refractivity contribution in [3.05, 3.63) is 30.3 Å². The molecule has 1 aromatic carbocycles. The van der Waals surface area contributed by atoms with Crippen LogP contribution in [0.4, 0.5) is 11.6 Å². The molecule has 0 radical (unpaired) electrons. The molecule has 0 atom stereocenters. The third-order valence-corrected chi connectivity index (χ3v) is 6.91. The molecule has 0 bridgehead atoms. The fourth-order valence-electron chi connectivity index (χ4n) is 3.34.